The summed E-state index contributed by atoms with van der Waals surface area (Å²) in [4.78, 5) is 13.4. The molecule has 0 fully saturated rings. The summed E-state index contributed by atoms with van der Waals surface area (Å²) in [7, 11) is 0. The van der Waals surface area contributed by atoms with Crippen LogP contribution in [-0.2, 0) is 0 Å². The highest BCUT2D eigenvalue weighted by atomic mass is 16.2. The van der Waals surface area contributed by atoms with Gasteiger partial charge in [-0.15, -0.1) is 0 Å². The fourth-order valence-electron chi connectivity index (χ4n) is 1.86. The molecule has 4 N–H and O–H groups in total. The highest BCUT2D eigenvalue weighted by Crippen LogP contribution is 2.24. The van der Waals surface area contributed by atoms with Gasteiger partial charge in [-0.2, -0.15) is 0 Å². The Kier molecular flexibility index (Phi) is 4.92. The molecule has 0 unspecified atom stereocenters. The van der Waals surface area contributed by atoms with Crippen LogP contribution in [-0.4, -0.2) is 18.5 Å². The molecule has 0 saturated carbocycles. The van der Waals surface area contributed by atoms with Gasteiger partial charge in [0.2, 0.25) is 5.96 Å². The minimum Gasteiger partial charge on any atom is -0.369 e. The summed E-state index contributed by atoms with van der Waals surface area (Å²) in [5.41, 5.74) is 8.06. The number of hydrogen-bond donors (Lipinski definition) is 3. The van der Waals surface area contributed by atoms with Crippen molar-refractivity contribution in [3.05, 3.63) is 29.3 Å². The molecule has 0 radical (unpaired) electrons. The van der Waals surface area contributed by atoms with Gasteiger partial charge in [0.1, 0.15) is 0 Å². The quantitative estimate of drug-likeness (QED) is 0.577. The molecular weight excluding hydrogens is 240 g/mol. The fraction of sp³-hybridized carbons (Fsp3) is 0.429. The lowest BCUT2D eigenvalue weighted by Gasteiger charge is -2.25. The van der Waals surface area contributed by atoms with Gasteiger partial charge in [0.25, 0.3) is 0 Å². The van der Waals surface area contributed by atoms with Crippen LogP contribution in [0.2, 0.25) is 0 Å². The molecule has 2 amide bonds. The summed E-state index contributed by atoms with van der Waals surface area (Å²) in [6, 6.07) is 5.35. The Hall–Kier alpha value is -2.04. The summed E-state index contributed by atoms with van der Waals surface area (Å²) < 4.78 is 0. The van der Waals surface area contributed by atoms with Crippen molar-refractivity contribution in [3.63, 3.8) is 0 Å². The topological polar surface area (TPSA) is 82.2 Å². The number of carbonyl (C=O) groups is 1. The first kappa shape index (κ1) is 15.0. The van der Waals surface area contributed by atoms with Gasteiger partial charge in [0.05, 0.1) is 5.69 Å². The number of carbonyl (C=O) groups excluding carboxylic acids is 1. The normalized spacial score (nSPS) is 10.4. The second-order valence-corrected chi connectivity index (χ2v) is 5.04. The average Bonchev–Trinajstić information content (AvgIpc) is 2.30. The molecular formula is C14H22N4O. The Bertz CT molecular complexity index is 462. The molecule has 5 nitrogen and oxygen atoms in total. The number of rotatable bonds is 3. The van der Waals surface area contributed by atoms with Crippen LogP contribution in [0.4, 0.5) is 10.5 Å². The Morgan fingerprint density at radius 3 is 2.32 bits per heavy atom. The molecule has 19 heavy (non-hydrogen) atoms. The molecule has 1 aromatic rings. The van der Waals surface area contributed by atoms with Crippen molar-refractivity contribution in [2.24, 2.45) is 11.7 Å². The van der Waals surface area contributed by atoms with Gasteiger partial charge in [-0.05, 0) is 30.9 Å². The van der Waals surface area contributed by atoms with E-state index in [-0.39, 0.29) is 12.0 Å². The zero-order valence-electron chi connectivity index (χ0n) is 11.9. The van der Waals surface area contributed by atoms with E-state index < -0.39 is 0 Å². The number of hydrogen-bond acceptors (Lipinski definition) is 2. The number of guanidine groups is 1. The van der Waals surface area contributed by atoms with Crippen LogP contribution in [0.5, 0.6) is 0 Å². The van der Waals surface area contributed by atoms with E-state index in [2.05, 4.69) is 5.32 Å². The average molecular weight is 262 g/mol. The second-order valence-electron chi connectivity index (χ2n) is 5.04. The van der Waals surface area contributed by atoms with E-state index in [1.807, 2.05) is 45.9 Å². The molecule has 5 heteroatoms. The molecule has 0 aliphatic heterocycles. The molecule has 0 heterocycles. The van der Waals surface area contributed by atoms with E-state index in [0.29, 0.717) is 18.2 Å². The van der Waals surface area contributed by atoms with Gasteiger partial charge in [-0.3, -0.25) is 5.41 Å². The van der Waals surface area contributed by atoms with E-state index in [0.717, 1.165) is 11.1 Å². The zero-order valence-corrected chi connectivity index (χ0v) is 11.9. The van der Waals surface area contributed by atoms with Gasteiger partial charge in [0.15, 0.2) is 0 Å². The standard InChI is InChI=1S/C14H22N4O/c1-9(2)8-17-14(19)18(13(15)16)12-10(3)6-5-7-11(12)4/h5-7,9H,8H2,1-4H3,(H3,15,16)(H,17,19). The van der Waals surface area contributed by atoms with Crippen molar-refractivity contribution in [1.82, 2.24) is 5.32 Å². The Balaban J connectivity index is 3.08. The first-order valence-corrected chi connectivity index (χ1v) is 6.32. The molecule has 0 aliphatic rings. The third kappa shape index (κ3) is 3.71. The largest absolute Gasteiger partial charge is 0.369 e. The molecule has 0 saturated heterocycles. The number of nitrogens with one attached hydrogen (secondary N) is 2. The molecule has 0 aliphatic carbocycles. The smallest absolute Gasteiger partial charge is 0.328 e. The van der Waals surface area contributed by atoms with Gasteiger partial charge in [-0.1, -0.05) is 32.0 Å². The molecule has 0 aromatic heterocycles. The minimum absolute atomic E-state index is 0.279. The van der Waals surface area contributed by atoms with Crippen LogP contribution in [0.15, 0.2) is 18.2 Å². The summed E-state index contributed by atoms with van der Waals surface area (Å²) in [6.45, 7) is 8.37. The number of aryl methyl sites for hydroxylation is 2. The number of benzene rings is 1. The van der Waals surface area contributed by atoms with Crippen molar-refractivity contribution in [1.29, 1.82) is 5.41 Å². The van der Waals surface area contributed by atoms with Crippen LogP contribution in [0.3, 0.4) is 0 Å². The predicted octanol–water partition coefficient (Wildman–Crippen LogP) is 2.37. The highest BCUT2D eigenvalue weighted by molar-refractivity contribution is 6.14. The van der Waals surface area contributed by atoms with Gasteiger partial charge < -0.3 is 11.1 Å². The SMILES string of the molecule is Cc1cccc(C)c1N(C(=N)N)C(=O)NCC(C)C. The van der Waals surface area contributed by atoms with Crippen LogP contribution in [0, 0.1) is 25.2 Å². The van der Waals surface area contributed by atoms with Crippen molar-refractivity contribution in [2.45, 2.75) is 27.7 Å². The van der Waals surface area contributed by atoms with Gasteiger partial charge in [-0.25, -0.2) is 9.69 Å². The van der Waals surface area contributed by atoms with E-state index in [1.54, 1.807) is 0 Å². The third-order valence-corrected chi connectivity index (χ3v) is 2.77. The summed E-state index contributed by atoms with van der Waals surface area (Å²) in [5, 5.41) is 10.4. The van der Waals surface area contributed by atoms with E-state index in [4.69, 9.17) is 11.1 Å². The van der Waals surface area contributed by atoms with Crippen molar-refractivity contribution < 1.29 is 4.79 Å². The number of nitrogens with zero attached hydrogens (tertiary/aromatic N) is 1. The van der Waals surface area contributed by atoms with Crippen molar-refractivity contribution >= 4 is 17.7 Å². The van der Waals surface area contributed by atoms with Crippen LogP contribution >= 0.6 is 0 Å². The first-order valence-electron chi connectivity index (χ1n) is 6.32. The molecule has 104 valence electrons. The molecule has 0 spiro atoms. The highest BCUT2D eigenvalue weighted by Gasteiger charge is 2.21. The molecule has 1 aromatic carbocycles. The second kappa shape index (κ2) is 6.22. The monoisotopic (exact) mass is 262 g/mol. The predicted molar refractivity (Wildman–Crippen MR) is 78.5 cm³/mol. The maximum Gasteiger partial charge on any atom is 0.328 e. The summed E-state index contributed by atoms with van der Waals surface area (Å²) in [5.74, 6) is 0.0642. The maximum absolute atomic E-state index is 12.2. The number of nitrogens with two attached hydrogens (primary N) is 1. The van der Waals surface area contributed by atoms with Crippen LogP contribution in [0.1, 0.15) is 25.0 Å². The fourth-order valence-corrected chi connectivity index (χ4v) is 1.86. The van der Waals surface area contributed by atoms with E-state index in [1.165, 1.54) is 4.90 Å². The number of amides is 2. The van der Waals surface area contributed by atoms with Crippen LogP contribution < -0.4 is 16.0 Å². The lowest BCUT2D eigenvalue weighted by molar-refractivity contribution is 0.247. The lowest BCUT2D eigenvalue weighted by Crippen LogP contribution is -2.48. The van der Waals surface area contributed by atoms with E-state index >= 15 is 0 Å². The van der Waals surface area contributed by atoms with Gasteiger partial charge >= 0.3 is 6.03 Å². The number of urea groups is 1. The third-order valence-electron chi connectivity index (χ3n) is 2.77. The Morgan fingerprint density at radius 2 is 1.89 bits per heavy atom. The molecule has 0 atom stereocenters. The van der Waals surface area contributed by atoms with Crippen LogP contribution in [0.25, 0.3) is 0 Å². The number of anilines is 1. The minimum atomic E-state index is -0.362. The van der Waals surface area contributed by atoms with Crippen molar-refractivity contribution in [3.8, 4) is 0 Å². The summed E-state index contributed by atoms with van der Waals surface area (Å²) >= 11 is 0. The maximum atomic E-state index is 12.2. The molecule has 0 bridgehead atoms. The Morgan fingerprint density at radius 1 is 1.37 bits per heavy atom. The lowest BCUT2D eigenvalue weighted by atomic mass is 10.1. The number of para-hydroxylation sites is 1. The molecule has 1 rings (SSSR count). The summed E-state index contributed by atoms with van der Waals surface area (Å²) in [6.07, 6.45) is 0. The van der Waals surface area contributed by atoms with Gasteiger partial charge in [0, 0.05) is 6.54 Å². The first-order chi connectivity index (χ1) is 8.84. The Labute approximate surface area is 114 Å². The zero-order chi connectivity index (χ0) is 14.6. The van der Waals surface area contributed by atoms with Crippen molar-refractivity contribution in [2.75, 3.05) is 11.4 Å². The van der Waals surface area contributed by atoms with E-state index in [9.17, 15) is 4.79 Å².